The number of amides is 2. The van der Waals surface area contributed by atoms with Crippen molar-refractivity contribution in [2.24, 2.45) is 22.2 Å². The van der Waals surface area contributed by atoms with Gasteiger partial charge in [-0.05, 0) is 80.2 Å². The number of anilines is 2. The van der Waals surface area contributed by atoms with Crippen molar-refractivity contribution < 1.29 is 75.0 Å². The smallest absolute Gasteiger partial charge is 0.336 e. The van der Waals surface area contributed by atoms with Crippen LogP contribution in [0.3, 0.4) is 0 Å². The van der Waals surface area contributed by atoms with Crippen molar-refractivity contribution in [1.82, 2.24) is 25.5 Å². The molecule has 0 aliphatic rings. The van der Waals surface area contributed by atoms with Gasteiger partial charge in [0.25, 0.3) is 5.91 Å². The minimum atomic E-state index is -2.04. The van der Waals surface area contributed by atoms with Gasteiger partial charge in [-0.15, -0.1) is 0 Å². The van der Waals surface area contributed by atoms with Crippen molar-refractivity contribution in [3.8, 4) is 11.1 Å². The van der Waals surface area contributed by atoms with Crippen LogP contribution in [0.2, 0.25) is 5.15 Å². The fourth-order valence-electron chi connectivity index (χ4n) is 7.27. The highest BCUT2D eigenvalue weighted by Gasteiger charge is 2.35. The van der Waals surface area contributed by atoms with E-state index in [0.29, 0.717) is 38.8 Å². The Morgan fingerprint density at radius 3 is 1.74 bits per heavy atom. The fraction of sp³-hybridized carbons (Fsp3) is 0.553. The molecule has 2 aromatic carbocycles. The number of esters is 2. The zero-order valence-electron chi connectivity index (χ0n) is 40.8. The standard InChI is InChI=1S/C47H72ClN11O15/c48-41-43(52)57-42(51)36(56-41)44(71)58-47(53)54-19-4-2-5-25-7-12-27(13-8-25)28-14-9-26(10-15-28)11-16-35(66)55-30(6-1-3-18-49)46(73)74-45(72)29(50)17-20-59(21-31(62)37(67)39(69)33(64)23-60)22-32(63)38(68)40(70)34(65)24-61/h7-10,12-15,29-34,37-40,60-65,67-70H,1-6,11,16-24,49-50H2,(H,55,66)(H4,51,52,57)(H3,53,54,58,71)/t29-,30-,31-,32-,33+,34+,37+,38+,39+,40+/m0/s1. The third-order valence-corrected chi connectivity index (χ3v) is 12.0. The van der Waals surface area contributed by atoms with E-state index < -0.39 is 111 Å². The number of guanidine groups is 1. The number of aromatic nitrogens is 2. The molecule has 10 atom stereocenters. The molecule has 1 aromatic heterocycles. The summed E-state index contributed by atoms with van der Waals surface area (Å²) < 4.78 is 5.06. The number of aryl methyl sites for hydroxylation is 2. The molecule has 0 radical (unpaired) electrons. The van der Waals surface area contributed by atoms with Gasteiger partial charge in [0.2, 0.25) is 5.91 Å². The molecular formula is C47H72ClN11O15. The number of unbranched alkanes of at least 4 members (excludes halogenated alkanes) is 2. The molecule has 0 unspecified atom stereocenters. The number of carbonyl (C=O) groups excluding carboxylic acids is 4. The summed E-state index contributed by atoms with van der Waals surface area (Å²) in [6.45, 7) is -2.81. The van der Waals surface area contributed by atoms with Gasteiger partial charge >= 0.3 is 11.9 Å². The van der Waals surface area contributed by atoms with E-state index in [4.69, 9.17) is 55.2 Å². The van der Waals surface area contributed by atoms with Gasteiger partial charge < -0.3 is 89.8 Å². The highest BCUT2D eigenvalue weighted by atomic mass is 35.5. The molecule has 1 heterocycles. The van der Waals surface area contributed by atoms with Crippen molar-refractivity contribution in [3.63, 3.8) is 0 Å². The molecule has 0 aliphatic heterocycles. The Kier molecular flexibility index (Phi) is 27.1. The molecule has 0 bridgehead atoms. The number of halogens is 1. The van der Waals surface area contributed by atoms with Crippen LogP contribution < -0.4 is 39.3 Å². The van der Waals surface area contributed by atoms with Crippen LogP contribution in [0.15, 0.2) is 53.5 Å². The number of aliphatic hydroxyl groups is 10. The molecule has 0 spiro atoms. The summed E-state index contributed by atoms with van der Waals surface area (Å²) in [5.74, 6) is -3.93. The third kappa shape index (κ3) is 20.6. The first-order chi connectivity index (χ1) is 35.1. The lowest BCUT2D eigenvalue weighted by Crippen LogP contribution is -2.53. The monoisotopic (exact) mass is 1070 g/mol. The van der Waals surface area contributed by atoms with E-state index in [2.05, 4.69) is 25.6 Å². The summed E-state index contributed by atoms with van der Waals surface area (Å²) in [6, 6.07) is 12.9. The molecule has 2 amide bonds. The number of aliphatic imine (C=N–C) groups is 1. The molecule has 3 rings (SSSR count). The average Bonchev–Trinajstić information content (AvgIpc) is 3.38. The largest absolute Gasteiger partial charge is 0.394 e. The number of hydrogen-bond donors (Lipinski definition) is 17. The number of aliphatic hydroxyl groups excluding tert-OH is 10. The van der Waals surface area contributed by atoms with Crippen molar-refractivity contribution in [1.29, 1.82) is 0 Å². The van der Waals surface area contributed by atoms with Gasteiger partial charge in [0, 0.05) is 32.6 Å². The molecule has 22 N–H and O–H groups in total. The van der Waals surface area contributed by atoms with E-state index in [0.717, 1.165) is 40.0 Å². The van der Waals surface area contributed by atoms with Crippen molar-refractivity contribution >= 4 is 52.9 Å². The van der Waals surface area contributed by atoms with Crippen molar-refractivity contribution in [2.75, 3.05) is 57.4 Å². The Bertz CT molecular complexity index is 2220. The normalized spacial score (nSPS) is 16.0. The Morgan fingerprint density at radius 2 is 1.22 bits per heavy atom. The number of hydrogen-bond acceptors (Lipinski definition) is 23. The van der Waals surface area contributed by atoms with Gasteiger partial charge in [0.15, 0.2) is 28.4 Å². The molecule has 26 nitrogen and oxygen atoms in total. The molecule has 0 saturated heterocycles. The Balaban J connectivity index is 1.52. The van der Waals surface area contributed by atoms with E-state index in [-0.39, 0.29) is 54.2 Å². The van der Waals surface area contributed by atoms with Gasteiger partial charge in [0.05, 0.1) is 25.4 Å². The summed E-state index contributed by atoms with van der Waals surface area (Å²) in [6.07, 6.45) is -12.3. The van der Waals surface area contributed by atoms with Crippen LogP contribution in [-0.2, 0) is 32.0 Å². The predicted octanol–water partition coefficient (Wildman–Crippen LogP) is -4.46. The van der Waals surface area contributed by atoms with E-state index in [9.17, 15) is 60.0 Å². The number of rotatable bonds is 32. The lowest BCUT2D eigenvalue weighted by Gasteiger charge is -2.33. The maximum Gasteiger partial charge on any atom is 0.336 e. The van der Waals surface area contributed by atoms with Crippen LogP contribution in [-0.4, -0.2) is 202 Å². The van der Waals surface area contributed by atoms with E-state index in [1.807, 2.05) is 48.5 Å². The summed E-state index contributed by atoms with van der Waals surface area (Å²) in [5.41, 5.74) is 32.4. The second kappa shape index (κ2) is 32.0. The predicted molar refractivity (Wildman–Crippen MR) is 270 cm³/mol. The minimum Gasteiger partial charge on any atom is -0.394 e. The van der Waals surface area contributed by atoms with E-state index in [1.165, 1.54) is 0 Å². The molecule has 0 aliphatic carbocycles. The molecular weight excluding hydrogens is 994 g/mol. The topological polar surface area (TPSA) is 475 Å². The molecule has 27 heteroatoms. The first-order valence-electron chi connectivity index (χ1n) is 23.9. The van der Waals surface area contributed by atoms with Crippen LogP contribution in [0.1, 0.15) is 66.6 Å². The van der Waals surface area contributed by atoms with E-state index >= 15 is 0 Å². The second-order valence-electron chi connectivity index (χ2n) is 17.6. The lowest BCUT2D eigenvalue weighted by atomic mass is 9.99. The second-order valence-corrected chi connectivity index (χ2v) is 18.0. The first kappa shape index (κ1) is 62.7. The Labute approximate surface area is 432 Å². The van der Waals surface area contributed by atoms with Crippen LogP contribution in [0.5, 0.6) is 0 Å². The molecule has 0 fully saturated rings. The summed E-state index contributed by atoms with van der Waals surface area (Å²) in [4.78, 5) is 64.8. The highest BCUT2D eigenvalue weighted by molar-refractivity contribution is 6.31. The number of ether oxygens (including phenoxy) is 1. The van der Waals surface area contributed by atoms with Gasteiger partial charge in [-0.1, -0.05) is 60.1 Å². The molecule has 74 heavy (non-hydrogen) atoms. The van der Waals surface area contributed by atoms with Crippen LogP contribution in [0.4, 0.5) is 11.6 Å². The Morgan fingerprint density at radius 1 is 0.689 bits per heavy atom. The first-order valence-corrected chi connectivity index (χ1v) is 24.2. The summed E-state index contributed by atoms with van der Waals surface area (Å²) >= 11 is 5.84. The number of nitrogens with zero attached hydrogens (tertiary/aromatic N) is 4. The van der Waals surface area contributed by atoms with Gasteiger partial charge in [-0.25, -0.2) is 19.6 Å². The lowest BCUT2D eigenvalue weighted by molar-refractivity contribution is -0.163. The van der Waals surface area contributed by atoms with Gasteiger partial charge in [0.1, 0.15) is 48.7 Å². The fourth-order valence-corrected chi connectivity index (χ4v) is 7.40. The van der Waals surface area contributed by atoms with Crippen molar-refractivity contribution in [3.05, 3.63) is 70.5 Å². The summed E-state index contributed by atoms with van der Waals surface area (Å²) in [5, 5.41) is 105. The van der Waals surface area contributed by atoms with Crippen LogP contribution in [0, 0.1) is 0 Å². The molecule has 3 aromatic rings. The number of nitrogen functional groups attached to an aromatic ring is 2. The van der Waals surface area contributed by atoms with Crippen molar-refractivity contribution in [2.45, 2.75) is 119 Å². The van der Waals surface area contributed by atoms with Gasteiger partial charge in [-0.2, -0.15) is 0 Å². The van der Waals surface area contributed by atoms with E-state index in [1.54, 1.807) is 0 Å². The zero-order valence-corrected chi connectivity index (χ0v) is 41.5. The van der Waals surface area contributed by atoms with Crippen LogP contribution >= 0.6 is 11.6 Å². The quantitative estimate of drug-likeness (QED) is 0.00922. The zero-order chi connectivity index (χ0) is 55.1. The highest BCUT2D eigenvalue weighted by Crippen LogP contribution is 2.22. The molecule has 0 saturated carbocycles. The third-order valence-electron chi connectivity index (χ3n) is 11.8. The molecule has 412 valence electrons. The maximum absolute atomic E-state index is 13.3. The van der Waals surface area contributed by atoms with Gasteiger partial charge in [-0.3, -0.25) is 24.8 Å². The SMILES string of the molecule is NCCCC[C@H](NC(=O)CCc1ccc(-c2ccc(CCCCN=C(N)NC(=O)c3nc(Cl)c(N)nc3N)cc2)cc1)C(=O)OC(=O)[C@@H](N)CCN(C[C@H](O)[C@@H](O)[C@H](O)[C@H](O)CO)C[C@H](O)[C@@H](O)[C@H](O)[C@H](O)CO. The average molecular weight is 1070 g/mol. The number of carbonyl (C=O) groups is 4. The number of nitrogens with two attached hydrogens (primary N) is 5. The number of benzene rings is 2. The number of nitrogens with one attached hydrogen (secondary N) is 2. The Hall–Kier alpha value is -5.56. The van der Waals surface area contributed by atoms with Crippen LogP contribution in [0.25, 0.3) is 11.1 Å². The maximum atomic E-state index is 13.3. The minimum absolute atomic E-state index is 0.0130. The summed E-state index contributed by atoms with van der Waals surface area (Å²) in [7, 11) is 0.